The van der Waals surface area contributed by atoms with Crippen molar-refractivity contribution in [2.75, 3.05) is 12.4 Å². The molecule has 0 saturated carbocycles. The number of hydrogen-bond donors (Lipinski definition) is 1. The predicted molar refractivity (Wildman–Crippen MR) is 101 cm³/mol. The van der Waals surface area contributed by atoms with E-state index in [2.05, 4.69) is 35.0 Å². The third kappa shape index (κ3) is 4.09. The number of para-hydroxylation sites is 1. The van der Waals surface area contributed by atoms with Crippen molar-refractivity contribution in [3.05, 3.63) is 53.0 Å². The number of ether oxygens (including phenoxy) is 2. The van der Waals surface area contributed by atoms with Crippen molar-refractivity contribution in [1.29, 1.82) is 0 Å². The lowest BCUT2D eigenvalue weighted by molar-refractivity contribution is 0.187. The number of thiazole rings is 1. The second kappa shape index (κ2) is 7.53. The van der Waals surface area contributed by atoms with E-state index in [0.29, 0.717) is 6.61 Å². The van der Waals surface area contributed by atoms with Gasteiger partial charge in [0.15, 0.2) is 0 Å². The van der Waals surface area contributed by atoms with Crippen molar-refractivity contribution >= 4 is 33.3 Å². The van der Waals surface area contributed by atoms with Gasteiger partial charge in [0.1, 0.15) is 17.4 Å². The topological polar surface area (TPSA) is 60.5 Å². The number of aromatic nitrogens is 1. The van der Waals surface area contributed by atoms with E-state index >= 15 is 0 Å². The van der Waals surface area contributed by atoms with Gasteiger partial charge in [0.05, 0.1) is 17.3 Å². The Morgan fingerprint density at radius 2 is 2.04 bits per heavy atom. The number of carbonyl (C=O) groups excluding carboxylic acids is 1. The molecule has 3 rings (SSSR count). The lowest BCUT2D eigenvalue weighted by atomic mass is 10.0. The van der Waals surface area contributed by atoms with Crippen LogP contribution in [-0.4, -0.2) is 18.2 Å². The van der Waals surface area contributed by atoms with Crippen LogP contribution in [0, 0.1) is 0 Å². The molecule has 0 bridgehead atoms. The van der Waals surface area contributed by atoms with E-state index in [4.69, 9.17) is 4.74 Å². The molecule has 0 spiro atoms. The highest BCUT2D eigenvalue weighted by Gasteiger charge is 2.12. The summed E-state index contributed by atoms with van der Waals surface area (Å²) >= 11 is 1.63. The molecule has 0 radical (unpaired) electrons. The quantitative estimate of drug-likeness (QED) is 0.684. The van der Waals surface area contributed by atoms with Gasteiger partial charge in [-0.1, -0.05) is 26.0 Å². The number of nitrogens with one attached hydrogen (secondary N) is 1. The number of carbonyl (C=O) groups is 1. The van der Waals surface area contributed by atoms with Crippen LogP contribution in [0.2, 0.25) is 0 Å². The predicted octanol–water partition coefficient (Wildman–Crippen LogP) is 5.18. The van der Waals surface area contributed by atoms with E-state index in [0.717, 1.165) is 32.2 Å². The van der Waals surface area contributed by atoms with Gasteiger partial charge in [-0.15, -0.1) is 11.3 Å². The lowest BCUT2D eigenvalue weighted by Gasteiger charge is -2.15. The molecule has 1 aromatic heterocycles. The number of fused-ring (bicyclic) bond motifs is 1. The standard InChI is InChI=1S/C19H20N2O3S/c1-12(2)14-10-13(8-9-15(14)21-19(22)23-3)24-11-18-20-16-6-4-5-7-17(16)25-18/h4-10,12H,11H2,1-3H3,(H,21,22). The van der Waals surface area contributed by atoms with Crippen molar-refractivity contribution in [3.63, 3.8) is 0 Å². The number of methoxy groups -OCH3 is 1. The van der Waals surface area contributed by atoms with Crippen LogP contribution in [0.25, 0.3) is 10.2 Å². The van der Waals surface area contributed by atoms with Crippen LogP contribution in [0.3, 0.4) is 0 Å². The van der Waals surface area contributed by atoms with Gasteiger partial charge in [-0.3, -0.25) is 5.32 Å². The average Bonchev–Trinajstić information content (AvgIpc) is 3.03. The minimum absolute atomic E-state index is 0.234. The first-order chi connectivity index (χ1) is 12.1. The maximum Gasteiger partial charge on any atom is 0.411 e. The summed E-state index contributed by atoms with van der Waals surface area (Å²) in [5, 5.41) is 3.67. The molecule has 0 aliphatic heterocycles. The zero-order chi connectivity index (χ0) is 17.8. The first-order valence-electron chi connectivity index (χ1n) is 8.03. The second-order valence-electron chi connectivity index (χ2n) is 5.88. The van der Waals surface area contributed by atoms with Crippen molar-refractivity contribution in [2.45, 2.75) is 26.4 Å². The molecular formula is C19H20N2O3S. The zero-order valence-corrected chi connectivity index (χ0v) is 15.2. The van der Waals surface area contributed by atoms with Crippen LogP contribution in [0.15, 0.2) is 42.5 Å². The van der Waals surface area contributed by atoms with Gasteiger partial charge in [-0.05, 0) is 41.8 Å². The monoisotopic (exact) mass is 356 g/mol. The van der Waals surface area contributed by atoms with Crippen LogP contribution in [0.5, 0.6) is 5.75 Å². The molecule has 0 unspecified atom stereocenters. The summed E-state index contributed by atoms with van der Waals surface area (Å²) in [6.45, 7) is 4.55. The normalized spacial score (nSPS) is 10.9. The molecule has 2 aromatic carbocycles. The summed E-state index contributed by atoms with van der Waals surface area (Å²) in [5.74, 6) is 0.983. The van der Waals surface area contributed by atoms with Crippen LogP contribution in [0.1, 0.15) is 30.3 Å². The van der Waals surface area contributed by atoms with E-state index in [1.54, 1.807) is 11.3 Å². The molecule has 130 valence electrons. The fraction of sp³-hybridized carbons (Fsp3) is 0.263. The molecule has 0 aliphatic carbocycles. The van der Waals surface area contributed by atoms with Gasteiger partial charge < -0.3 is 9.47 Å². The summed E-state index contributed by atoms with van der Waals surface area (Å²) in [4.78, 5) is 16.0. The molecule has 1 N–H and O–H groups in total. The Bertz CT molecular complexity index is 856. The largest absolute Gasteiger partial charge is 0.486 e. The third-order valence-electron chi connectivity index (χ3n) is 3.77. The van der Waals surface area contributed by atoms with E-state index in [1.807, 2.05) is 36.4 Å². The second-order valence-corrected chi connectivity index (χ2v) is 7.00. The molecule has 0 aliphatic rings. The summed E-state index contributed by atoms with van der Waals surface area (Å²) < 4.78 is 11.7. The first kappa shape index (κ1) is 17.2. The highest BCUT2D eigenvalue weighted by molar-refractivity contribution is 7.18. The molecule has 0 saturated heterocycles. The molecular weight excluding hydrogens is 336 g/mol. The van der Waals surface area contributed by atoms with Gasteiger partial charge in [0.25, 0.3) is 0 Å². The number of hydrogen-bond acceptors (Lipinski definition) is 5. The maximum absolute atomic E-state index is 11.5. The SMILES string of the molecule is COC(=O)Nc1ccc(OCc2nc3ccccc3s2)cc1C(C)C. The molecule has 1 amide bonds. The number of amides is 1. The number of anilines is 1. The lowest BCUT2D eigenvalue weighted by Crippen LogP contribution is -2.13. The Morgan fingerprint density at radius 1 is 1.24 bits per heavy atom. The van der Waals surface area contributed by atoms with Crippen molar-refractivity contribution in [2.24, 2.45) is 0 Å². The summed E-state index contributed by atoms with van der Waals surface area (Å²) in [5.41, 5.74) is 2.72. The molecule has 0 atom stereocenters. The first-order valence-corrected chi connectivity index (χ1v) is 8.84. The minimum Gasteiger partial charge on any atom is -0.486 e. The Balaban J connectivity index is 1.75. The van der Waals surface area contributed by atoms with Crippen LogP contribution >= 0.6 is 11.3 Å². The van der Waals surface area contributed by atoms with Crippen LogP contribution < -0.4 is 10.1 Å². The summed E-state index contributed by atoms with van der Waals surface area (Å²) in [6, 6.07) is 13.7. The zero-order valence-electron chi connectivity index (χ0n) is 14.4. The fourth-order valence-electron chi connectivity index (χ4n) is 2.51. The number of rotatable bonds is 5. The average molecular weight is 356 g/mol. The van der Waals surface area contributed by atoms with Gasteiger partial charge in [0, 0.05) is 5.69 Å². The molecule has 0 fully saturated rings. The Morgan fingerprint density at radius 3 is 2.76 bits per heavy atom. The van der Waals surface area contributed by atoms with Gasteiger partial charge in [0.2, 0.25) is 0 Å². The Kier molecular flexibility index (Phi) is 5.19. The van der Waals surface area contributed by atoms with E-state index in [1.165, 1.54) is 7.11 Å². The smallest absolute Gasteiger partial charge is 0.411 e. The van der Waals surface area contributed by atoms with E-state index in [-0.39, 0.29) is 5.92 Å². The van der Waals surface area contributed by atoms with Crippen LogP contribution in [0.4, 0.5) is 10.5 Å². The molecule has 5 nitrogen and oxygen atoms in total. The van der Waals surface area contributed by atoms with E-state index < -0.39 is 6.09 Å². The maximum atomic E-state index is 11.5. The van der Waals surface area contributed by atoms with Crippen molar-refractivity contribution in [1.82, 2.24) is 4.98 Å². The van der Waals surface area contributed by atoms with E-state index in [9.17, 15) is 4.79 Å². The summed E-state index contributed by atoms with van der Waals surface area (Å²) in [6.07, 6.45) is -0.481. The minimum atomic E-state index is -0.481. The van der Waals surface area contributed by atoms with Gasteiger partial charge >= 0.3 is 6.09 Å². The molecule has 1 heterocycles. The summed E-state index contributed by atoms with van der Waals surface area (Å²) in [7, 11) is 1.35. The van der Waals surface area contributed by atoms with Crippen molar-refractivity contribution < 1.29 is 14.3 Å². The van der Waals surface area contributed by atoms with Gasteiger partial charge in [-0.2, -0.15) is 0 Å². The number of nitrogens with zero attached hydrogens (tertiary/aromatic N) is 1. The van der Waals surface area contributed by atoms with Crippen LogP contribution in [-0.2, 0) is 11.3 Å². The molecule has 25 heavy (non-hydrogen) atoms. The fourth-order valence-corrected chi connectivity index (χ4v) is 3.39. The highest BCUT2D eigenvalue weighted by atomic mass is 32.1. The van der Waals surface area contributed by atoms with Crippen molar-refractivity contribution in [3.8, 4) is 5.75 Å². The molecule has 6 heteroatoms. The Hall–Kier alpha value is -2.60. The third-order valence-corrected chi connectivity index (χ3v) is 4.78. The van der Waals surface area contributed by atoms with Gasteiger partial charge in [-0.25, -0.2) is 9.78 Å². The highest BCUT2D eigenvalue weighted by Crippen LogP contribution is 2.30. The Labute approximate surface area is 150 Å². The molecule has 3 aromatic rings. The number of benzene rings is 2.